The summed E-state index contributed by atoms with van der Waals surface area (Å²) in [6, 6.07) is 8.43. The molecule has 0 amide bonds. The third kappa shape index (κ3) is 2.70. The zero-order valence-corrected chi connectivity index (χ0v) is 14.9. The van der Waals surface area contributed by atoms with Gasteiger partial charge in [-0.15, -0.1) is 0 Å². The second kappa shape index (κ2) is 5.70. The number of hydrogen-bond acceptors (Lipinski definition) is 2. The summed E-state index contributed by atoms with van der Waals surface area (Å²) in [5, 5.41) is 10.9. The van der Waals surface area contributed by atoms with Gasteiger partial charge >= 0.3 is 5.97 Å². The van der Waals surface area contributed by atoms with Crippen molar-refractivity contribution in [2.75, 3.05) is 0 Å². The number of benzene rings is 1. The number of nitrogens with zero attached hydrogens (tertiary/aromatic N) is 2. The van der Waals surface area contributed by atoms with Crippen LogP contribution in [0.4, 0.5) is 0 Å². The summed E-state index contributed by atoms with van der Waals surface area (Å²) >= 11 is 0. The largest absolute Gasteiger partial charge is 0.478 e. The molecule has 0 radical (unpaired) electrons. The molecule has 2 aliphatic carbocycles. The number of carboxylic acid groups (broad SMARTS) is 1. The normalized spacial score (nSPS) is 17.0. The van der Waals surface area contributed by atoms with Crippen LogP contribution in [0.2, 0.25) is 0 Å². The SMILES string of the molecule is Cn1ccc2cc(Cc3ncc(C4CC4)cc3C(=O)O)cc(C3CC3)c21. The third-order valence-electron chi connectivity index (χ3n) is 5.72. The van der Waals surface area contributed by atoms with Crippen LogP contribution in [0.15, 0.2) is 36.7 Å². The Labute approximate surface area is 152 Å². The van der Waals surface area contributed by atoms with Crippen molar-refractivity contribution in [3.8, 4) is 0 Å². The van der Waals surface area contributed by atoms with E-state index in [0.29, 0.717) is 29.5 Å². The van der Waals surface area contributed by atoms with Gasteiger partial charge in [-0.1, -0.05) is 6.07 Å². The summed E-state index contributed by atoms with van der Waals surface area (Å²) < 4.78 is 2.19. The summed E-state index contributed by atoms with van der Waals surface area (Å²) in [6.45, 7) is 0. The fraction of sp³-hybridized carbons (Fsp3) is 0.364. The van der Waals surface area contributed by atoms with Gasteiger partial charge in [0.15, 0.2) is 0 Å². The molecule has 0 unspecified atom stereocenters. The number of aromatic carboxylic acids is 1. The van der Waals surface area contributed by atoms with E-state index in [1.165, 1.54) is 29.3 Å². The molecule has 0 bridgehead atoms. The molecule has 1 aromatic carbocycles. The van der Waals surface area contributed by atoms with Gasteiger partial charge in [0.25, 0.3) is 0 Å². The number of carbonyl (C=O) groups is 1. The smallest absolute Gasteiger partial charge is 0.337 e. The molecule has 0 atom stereocenters. The maximum absolute atomic E-state index is 11.8. The summed E-state index contributed by atoms with van der Waals surface area (Å²) in [5.41, 5.74) is 5.96. The molecule has 0 aliphatic heterocycles. The van der Waals surface area contributed by atoms with E-state index in [9.17, 15) is 9.90 Å². The lowest BCUT2D eigenvalue weighted by Gasteiger charge is -2.11. The van der Waals surface area contributed by atoms with Crippen molar-refractivity contribution in [1.29, 1.82) is 0 Å². The Kier molecular flexibility index (Phi) is 3.42. The molecule has 3 aromatic rings. The lowest BCUT2D eigenvalue weighted by molar-refractivity contribution is 0.0695. The van der Waals surface area contributed by atoms with Crippen LogP contribution in [-0.2, 0) is 13.5 Å². The molecule has 132 valence electrons. The minimum Gasteiger partial charge on any atom is -0.478 e. The molecule has 4 heteroatoms. The Balaban J connectivity index is 1.56. The van der Waals surface area contributed by atoms with E-state index in [0.717, 1.165) is 24.0 Å². The Bertz CT molecular complexity index is 1030. The first-order valence-corrected chi connectivity index (χ1v) is 9.40. The van der Waals surface area contributed by atoms with Gasteiger partial charge in [0, 0.05) is 31.2 Å². The molecular formula is C22H22N2O2. The van der Waals surface area contributed by atoms with Crippen LogP contribution in [0.25, 0.3) is 10.9 Å². The molecule has 2 heterocycles. The van der Waals surface area contributed by atoms with Crippen LogP contribution < -0.4 is 0 Å². The summed E-state index contributed by atoms with van der Waals surface area (Å²) in [7, 11) is 2.09. The fourth-order valence-electron chi connectivity index (χ4n) is 4.02. The van der Waals surface area contributed by atoms with Crippen LogP contribution in [0.3, 0.4) is 0 Å². The molecule has 4 nitrogen and oxygen atoms in total. The lowest BCUT2D eigenvalue weighted by atomic mass is 9.97. The number of aryl methyl sites for hydroxylation is 1. The zero-order chi connectivity index (χ0) is 17.8. The summed E-state index contributed by atoms with van der Waals surface area (Å²) in [6.07, 6.45) is 9.34. The minimum absolute atomic E-state index is 0.357. The maximum atomic E-state index is 11.8. The second-order valence-electron chi connectivity index (χ2n) is 7.84. The highest BCUT2D eigenvalue weighted by atomic mass is 16.4. The van der Waals surface area contributed by atoms with Crippen molar-refractivity contribution in [3.05, 3.63) is 64.6 Å². The standard InChI is InChI=1S/C22H22N2O2/c1-24-7-6-16-8-13(9-18(21(16)24)15-4-5-15)10-20-19(22(25)26)11-17(12-23-20)14-2-3-14/h6-9,11-12,14-15H,2-5,10H2,1H3,(H,25,26). The zero-order valence-electron chi connectivity index (χ0n) is 14.9. The Morgan fingerprint density at radius 2 is 1.96 bits per heavy atom. The van der Waals surface area contributed by atoms with Gasteiger partial charge in [-0.05, 0) is 72.4 Å². The number of hydrogen-bond donors (Lipinski definition) is 1. The predicted octanol–water partition coefficient (Wildman–Crippen LogP) is 4.62. The Morgan fingerprint density at radius 3 is 2.65 bits per heavy atom. The second-order valence-corrected chi connectivity index (χ2v) is 7.84. The van der Waals surface area contributed by atoms with E-state index in [-0.39, 0.29) is 0 Å². The van der Waals surface area contributed by atoms with Gasteiger partial charge in [-0.25, -0.2) is 4.79 Å². The van der Waals surface area contributed by atoms with Crippen molar-refractivity contribution >= 4 is 16.9 Å². The molecule has 2 aliphatic rings. The molecule has 2 saturated carbocycles. The highest BCUT2D eigenvalue weighted by Crippen LogP contribution is 2.44. The van der Waals surface area contributed by atoms with Crippen molar-refractivity contribution in [1.82, 2.24) is 9.55 Å². The Morgan fingerprint density at radius 1 is 1.19 bits per heavy atom. The van der Waals surface area contributed by atoms with Gasteiger partial charge in [0.05, 0.1) is 16.8 Å². The highest BCUT2D eigenvalue weighted by molar-refractivity contribution is 5.89. The topological polar surface area (TPSA) is 55.1 Å². The number of fused-ring (bicyclic) bond motifs is 1. The van der Waals surface area contributed by atoms with Crippen molar-refractivity contribution < 1.29 is 9.90 Å². The van der Waals surface area contributed by atoms with Crippen molar-refractivity contribution in [2.45, 2.75) is 43.9 Å². The Hall–Kier alpha value is -2.62. The van der Waals surface area contributed by atoms with E-state index in [4.69, 9.17) is 0 Å². The van der Waals surface area contributed by atoms with Crippen molar-refractivity contribution in [2.24, 2.45) is 7.05 Å². The molecule has 1 N–H and O–H groups in total. The van der Waals surface area contributed by atoms with Crippen LogP contribution in [0.1, 0.15) is 70.3 Å². The first-order chi connectivity index (χ1) is 12.6. The molecule has 0 saturated heterocycles. The molecule has 5 rings (SSSR count). The lowest BCUT2D eigenvalue weighted by Crippen LogP contribution is -2.07. The van der Waals surface area contributed by atoms with Crippen LogP contribution >= 0.6 is 0 Å². The average Bonchev–Trinajstić information content (AvgIpc) is 3.53. The van der Waals surface area contributed by atoms with Gasteiger partial charge in [-0.3, -0.25) is 4.98 Å². The summed E-state index contributed by atoms with van der Waals surface area (Å²) in [4.78, 5) is 16.3. The average molecular weight is 346 g/mol. The molecule has 2 aromatic heterocycles. The van der Waals surface area contributed by atoms with E-state index in [1.54, 1.807) is 0 Å². The van der Waals surface area contributed by atoms with Gasteiger partial charge < -0.3 is 9.67 Å². The minimum atomic E-state index is -0.877. The van der Waals surface area contributed by atoms with Crippen LogP contribution in [0, 0.1) is 0 Å². The van der Waals surface area contributed by atoms with E-state index >= 15 is 0 Å². The quantitative estimate of drug-likeness (QED) is 0.733. The first-order valence-electron chi connectivity index (χ1n) is 9.40. The maximum Gasteiger partial charge on any atom is 0.337 e. The fourth-order valence-corrected chi connectivity index (χ4v) is 4.02. The number of rotatable bonds is 5. The van der Waals surface area contributed by atoms with E-state index < -0.39 is 5.97 Å². The molecule has 26 heavy (non-hydrogen) atoms. The van der Waals surface area contributed by atoms with Crippen molar-refractivity contribution in [3.63, 3.8) is 0 Å². The monoisotopic (exact) mass is 346 g/mol. The van der Waals surface area contributed by atoms with Gasteiger partial charge in [-0.2, -0.15) is 0 Å². The predicted molar refractivity (Wildman–Crippen MR) is 101 cm³/mol. The van der Waals surface area contributed by atoms with Gasteiger partial charge in [0.1, 0.15) is 0 Å². The van der Waals surface area contributed by atoms with Gasteiger partial charge in [0.2, 0.25) is 0 Å². The molecule has 0 spiro atoms. The highest BCUT2D eigenvalue weighted by Gasteiger charge is 2.28. The number of carboxylic acids is 1. The first kappa shape index (κ1) is 15.6. The molecular weight excluding hydrogens is 324 g/mol. The van der Waals surface area contributed by atoms with E-state index in [1.807, 2.05) is 12.3 Å². The number of pyridine rings is 1. The van der Waals surface area contributed by atoms with E-state index in [2.05, 4.69) is 41.0 Å². The number of aromatic nitrogens is 2. The van der Waals surface area contributed by atoms with Crippen LogP contribution in [0.5, 0.6) is 0 Å². The summed E-state index contributed by atoms with van der Waals surface area (Å²) in [5.74, 6) is 0.283. The molecule has 2 fully saturated rings. The van der Waals surface area contributed by atoms with Crippen LogP contribution in [-0.4, -0.2) is 20.6 Å². The third-order valence-corrected chi connectivity index (χ3v) is 5.72.